The van der Waals surface area contributed by atoms with Crippen LogP contribution in [0.4, 0.5) is 11.5 Å². The minimum Gasteiger partial charge on any atom is -0.477 e. The maximum Gasteiger partial charge on any atom is 0.234 e. The minimum absolute atomic E-state index is 0.565. The molecule has 1 aromatic heterocycles. The number of benzene rings is 1. The van der Waals surface area contributed by atoms with Crippen LogP contribution in [-0.4, -0.2) is 16.6 Å². The minimum atomic E-state index is 0.565. The third-order valence-corrected chi connectivity index (χ3v) is 3.17. The Morgan fingerprint density at radius 1 is 1.26 bits per heavy atom. The number of fused-ring (bicyclic) bond motifs is 1. The van der Waals surface area contributed by atoms with Crippen LogP contribution in [-0.2, 0) is 13.1 Å². The van der Waals surface area contributed by atoms with Crippen LogP contribution in [0.1, 0.15) is 18.1 Å². The highest BCUT2D eigenvalue weighted by molar-refractivity contribution is 5.52. The highest BCUT2D eigenvalue weighted by Crippen LogP contribution is 2.28. The van der Waals surface area contributed by atoms with Crippen LogP contribution in [0.15, 0.2) is 30.6 Å². The third kappa shape index (κ3) is 2.31. The standard InChI is InChI=1S/C14H16N4O/c1-2-19-14-7-16-6-13(17-14)18-8-10-3-4-12(15)5-11(10)9-18/h3-7H,2,8-9,15H2,1H3. The zero-order valence-corrected chi connectivity index (χ0v) is 10.8. The fourth-order valence-corrected chi connectivity index (χ4v) is 2.28. The van der Waals surface area contributed by atoms with E-state index in [1.54, 1.807) is 12.4 Å². The van der Waals surface area contributed by atoms with E-state index in [9.17, 15) is 0 Å². The van der Waals surface area contributed by atoms with Crippen LogP contribution in [0.3, 0.4) is 0 Å². The molecular formula is C14H16N4O. The van der Waals surface area contributed by atoms with E-state index in [0.717, 1.165) is 24.6 Å². The summed E-state index contributed by atoms with van der Waals surface area (Å²) in [7, 11) is 0. The molecule has 2 heterocycles. The number of anilines is 2. The Bertz CT molecular complexity index is 600. The predicted octanol–water partition coefficient (Wildman–Crippen LogP) is 1.98. The van der Waals surface area contributed by atoms with Crippen molar-refractivity contribution in [1.29, 1.82) is 0 Å². The van der Waals surface area contributed by atoms with E-state index in [-0.39, 0.29) is 0 Å². The van der Waals surface area contributed by atoms with Gasteiger partial charge in [-0.2, -0.15) is 4.98 Å². The van der Waals surface area contributed by atoms with Crippen molar-refractivity contribution in [2.45, 2.75) is 20.0 Å². The molecule has 0 saturated heterocycles. The average molecular weight is 256 g/mol. The zero-order valence-electron chi connectivity index (χ0n) is 10.8. The molecule has 19 heavy (non-hydrogen) atoms. The lowest BCUT2D eigenvalue weighted by molar-refractivity contribution is 0.325. The highest BCUT2D eigenvalue weighted by Gasteiger charge is 2.20. The van der Waals surface area contributed by atoms with E-state index in [2.05, 4.69) is 20.9 Å². The summed E-state index contributed by atoms with van der Waals surface area (Å²) in [5.41, 5.74) is 9.16. The lowest BCUT2D eigenvalue weighted by Gasteiger charge is -2.16. The van der Waals surface area contributed by atoms with Crippen molar-refractivity contribution >= 4 is 11.5 Å². The van der Waals surface area contributed by atoms with Gasteiger partial charge in [-0.05, 0) is 30.2 Å². The molecule has 1 aliphatic rings. The van der Waals surface area contributed by atoms with Gasteiger partial charge in [0.1, 0.15) is 0 Å². The number of rotatable bonds is 3. The van der Waals surface area contributed by atoms with Crippen LogP contribution in [0.5, 0.6) is 5.88 Å². The van der Waals surface area contributed by atoms with Gasteiger partial charge in [-0.1, -0.05) is 6.07 Å². The molecule has 0 aliphatic carbocycles. The number of ether oxygens (including phenoxy) is 1. The number of nitrogens with two attached hydrogens (primary N) is 1. The van der Waals surface area contributed by atoms with Crippen molar-refractivity contribution in [3.63, 3.8) is 0 Å². The molecule has 2 aromatic rings. The first-order valence-corrected chi connectivity index (χ1v) is 6.33. The first-order valence-electron chi connectivity index (χ1n) is 6.33. The summed E-state index contributed by atoms with van der Waals surface area (Å²) in [6, 6.07) is 6.03. The summed E-state index contributed by atoms with van der Waals surface area (Å²) in [6.45, 7) is 4.17. The molecule has 0 fully saturated rings. The van der Waals surface area contributed by atoms with Gasteiger partial charge in [-0.25, -0.2) is 0 Å². The van der Waals surface area contributed by atoms with E-state index in [1.807, 2.05) is 19.1 Å². The molecule has 0 unspecified atom stereocenters. The predicted molar refractivity (Wildman–Crippen MR) is 73.9 cm³/mol. The smallest absolute Gasteiger partial charge is 0.234 e. The quantitative estimate of drug-likeness (QED) is 0.851. The van der Waals surface area contributed by atoms with Crippen molar-refractivity contribution < 1.29 is 4.74 Å². The topological polar surface area (TPSA) is 64.3 Å². The monoisotopic (exact) mass is 256 g/mol. The van der Waals surface area contributed by atoms with Crippen molar-refractivity contribution in [3.8, 4) is 5.88 Å². The molecule has 0 bridgehead atoms. The van der Waals surface area contributed by atoms with Gasteiger partial charge in [0.05, 0.1) is 19.0 Å². The van der Waals surface area contributed by atoms with E-state index >= 15 is 0 Å². The molecule has 1 aliphatic heterocycles. The van der Waals surface area contributed by atoms with Gasteiger partial charge >= 0.3 is 0 Å². The van der Waals surface area contributed by atoms with E-state index in [1.165, 1.54) is 11.1 Å². The summed E-state index contributed by atoms with van der Waals surface area (Å²) in [5.74, 6) is 1.40. The Hall–Kier alpha value is -2.30. The molecule has 5 heteroatoms. The van der Waals surface area contributed by atoms with E-state index in [4.69, 9.17) is 10.5 Å². The van der Waals surface area contributed by atoms with Crippen LogP contribution in [0.2, 0.25) is 0 Å². The Morgan fingerprint density at radius 3 is 2.95 bits per heavy atom. The van der Waals surface area contributed by atoms with Crippen LogP contribution < -0.4 is 15.4 Å². The fraction of sp³-hybridized carbons (Fsp3) is 0.286. The largest absolute Gasteiger partial charge is 0.477 e. The van der Waals surface area contributed by atoms with Gasteiger partial charge in [0, 0.05) is 18.8 Å². The lowest BCUT2D eigenvalue weighted by Crippen LogP contribution is -2.16. The van der Waals surface area contributed by atoms with Gasteiger partial charge in [0.25, 0.3) is 0 Å². The molecule has 0 saturated carbocycles. The van der Waals surface area contributed by atoms with Gasteiger partial charge in [-0.15, -0.1) is 0 Å². The molecule has 1 aromatic carbocycles. The molecule has 98 valence electrons. The fourth-order valence-electron chi connectivity index (χ4n) is 2.28. The third-order valence-electron chi connectivity index (χ3n) is 3.17. The second-order valence-electron chi connectivity index (χ2n) is 4.53. The SMILES string of the molecule is CCOc1cncc(N2Cc3ccc(N)cc3C2)n1. The molecule has 3 rings (SSSR count). The molecule has 0 radical (unpaired) electrons. The average Bonchev–Trinajstić information content (AvgIpc) is 2.82. The Morgan fingerprint density at radius 2 is 2.11 bits per heavy atom. The van der Waals surface area contributed by atoms with Gasteiger partial charge < -0.3 is 15.4 Å². The summed E-state index contributed by atoms with van der Waals surface area (Å²) in [4.78, 5) is 10.8. The second-order valence-corrected chi connectivity index (χ2v) is 4.53. The van der Waals surface area contributed by atoms with Crippen molar-refractivity contribution in [2.75, 3.05) is 17.2 Å². The Kier molecular flexibility index (Phi) is 2.95. The van der Waals surface area contributed by atoms with Gasteiger partial charge in [0.15, 0.2) is 5.82 Å². The number of hydrogen-bond donors (Lipinski definition) is 1. The highest BCUT2D eigenvalue weighted by atomic mass is 16.5. The zero-order chi connectivity index (χ0) is 13.2. The second kappa shape index (κ2) is 4.76. The van der Waals surface area contributed by atoms with Crippen LogP contribution >= 0.6 is 0 Å². The maximum absolute atomic E-state index is 5.81. The van der Waals surface area contributed by atoms with Crippen molar-refractivity contribution in [1.82, 2.24) is 9.97 Å². The van der Waals surface area contributed by atoms with Gasteiger partial charge in [0.2, 0.25) is 5.88 Å². The number of hydrogen-bond acceptors (Lipinski definition) is 5. The number of aromatic nitrogens is 2. The molecular weight excluding hydrogens is 240 g/mol. The maximum atomic E-state index is 5.81. The Balaban J connectivity index is 1.84. The van der Waals surface area contributed by atoms with Crippen LogP contribution in [0, 0.1) is 0 Å². The summed E-state index contributed by atoms with van der Waals surface area (Å²) >= 11 is 0. The normalized spacial score (nSPS) is 13.4. The molecule has 5 nitrogen and oxygen atoms in total. The van der Waals surface area contributed by atoms with Gasteiger partial charge in [-0.3, -0.25) is 4.98 Å². The summed E-state index contributed by atoms with van der Waals surface area (Å²) in [6.07, 6.45) is 3.39. The van der Waals surface area contributed by atoms with Crippen LogP contribution in [0.25, 0.3) is 0 Å². The van der Waals surface area contributed by atoms with Crippen molar-refractivity contribution in [2.24, 2.45) is 0 Å². The molecule has 0 amide bonds. The summed E-state index contributed by atoms with van der Waals surface area (Å²) < 4.78 is 5.38. The lowest BCUT2D eigenvalue weighted by atomic mass is 10.1. The first-order chi connectivity index (χ1) is 9.26. The van der Waals surface area contributed by atoms with E-state index in [0.29, 0.717) is 12.5 Å². The number of nitrogens with zero attached hydrogens (tertiary/aromatic N) is 3. The first kappa shape index (κ1) is 11.8. The molecule has 0 spiro atoms. The van der Waals surface area contributed by atoms with Crippen molar-refractivity contribution in [3.05, 3.63) is 41.7 Å². The number of nitrogen functional groups attached to an aromatic ring is 1. The van der Waals surface area contributed by atoms with E-state index < -0.39 is 0 Å². The molecule has 0 atom stereocenters. The Labute approximate surface area is 112 Å². The summed E-state index contributed by atoms with van der Waals surface area (Å²) in [5, 5.41) is 0. The molecule has 2 N–H and O–H groups in total.